The monoisotopic (exact) mass is 403 g/mol. The van der Waals surface area contributed by atoms with Crippen LogP contribution in [0.2, 0.25) is 0 Å². The van der Waals surface area contributed by atoms with E-state index < -0.39 is 11.9 Å². The first-order valence-corrected chi connectivity index (χ1v) is 10.0. The van der Waals surface area contributed by atoms with Crippen molar-refractivity contribution >= 4 is 28.9 Å². The van der Waals surface area contributed by atoms with Crippen molar-refractivity contribution in [2.45, 2.75) is 32.2 Å². The summed E-state index contributed by atoms with van der Waals surface area (Å²) in [4.78, 5) is 33.9. The third-order valence-electron chi connectivity index (χ3n) is 5.62. The van der Waals surface area contributed by atoms with Crippen LogP contribution in [0.4, 0.5) is 17.2 Å². The molecule has 1 aromatic carbocycles. The molecule has 30 heavy (non-hydrogen) atoms. The number of rotatable bonds is 6. The summed E-state index contributed by atoms with van der Waals surface area (Å²) in [5.74, 6) is 0.353. The number of benzene rings is 1. The topological polar surface area (TPSA) is 104 Å². The van der Waals surface area contributed by atoms with Gasteiger partial charge in [-0.15, -0.1) is 0 Å². The van der Waals surface area contributed by atoms with Gasteiger partial charge in [0.25, 0.3) is 0 Å². The number of carbonyl (C=O) groups excluding carboxylic acids is 2. The van der Waals surface area contributed by atoms with Gasteiger partial charge in [-0.2, -0.15) is 0 Å². The second-order valence-corrected chi connectivity index (χ2v) is 7.59. The van der Waals surface area contributed by atoms with Crippen LogP contribution in [-0.4, -0.2) is 34.7 Å². The molecule has 0 aliphatic heterocycles. The molecule has 7 nitrogen and oxygen atoms in total. The van der Waals surface area contributed by atoms with Crippen LogP contribution in [0.3, 0.4) is 0 Å². The van der Waals surface area contributed by atoms with Crippen molar-refractivity contribution in [3.63, 3.8) is 0 Å². The van der Waals surface area contributed by atoms with Crippen molar-refractivity contribution in [3.05, 3.63) is 59.9 Å². The average molecular weight is 403 g/mol. The Kier molecular flexibility index (Phi) is 5.27. The number of nitrogens with two attached hydrogens (primary N) is 1. The fraction of sp³-hybridized carbons (Fsp3) is 0.261. The smallest absolute Gasteiger partial charge is 0.239 e. The first kappa shape index (κ1) is 19.7. The molecule has 1 aliphatic carbocycles. The van der Waals surface area contributed by atoms with E-state index in [0.717, 1.165) is 46.7 Å². The molecule has 1 aliphatic rings. The Labute approximate surface area is 175 Å². The minimum atomic E-state index is -0.493. The minimum absolute atomic E-state index is 0.144. The van der Waals surface area contributed by atoms with E-state index in [1.165, 1.54) is 0 Å². The van der Waals surface area contributed by atoms with Gasteiger partial charge in [-0.05, 0) is 44.0 Å². The van der Waals surface area contributed by atoms with E-state index >= 15 is 0 Å². The molecule has 154 valence electrons. The van der Waals surface area contributed by atoms with E-state index in [2.05, 4.69) is 15.3 Å². The van der Waals surface area contributed by atoms with Crippen LogP contribution in [0.15, 0.2) is 48.7 Å². The minimum Gasteiger partial charge on any atom is -0.368 e. The van der Waals surface area contributed by atoms with Crippen LogP contribution >= 0.6 is 0 Å². The molecule has 0 saturated heterocycles. The number of aryl methyl sites for hydroxylation is 1. The third kappa shape index (κ3) is 3.66. The lowest BCUT2D eigenvalue weighted by atomic mass is 9.95. The number of likely N-dealkylation sites (N-methyl/N-ethyl adjacent to an activating group) is 1. The molecule has 1 atom stereocenters. The fourth-order valence-corrected chi connectivity index (χ4v) is 3.76. The lowest BCUT2D eigenvalue weighted by Crippen LogP contribution is -2.40. The van der Waals surface area contributed by atoms with Crippen molar-refractivity contribution in [2.24, 2.45) is 5.73 Å². The number of primary amides is 1. The second-order valence-electron chi connectivity index (χ2n) is 7.59. The molecule has 2 heterocycles. The van der Waals surface area contributed by atoms with Crippen LogP contribution in [0, 0.1) is 0 Å². The Morgan fingerprint density at radius 2 is 2.00 bits per heavy atom. The van der Waals surface area contributed by atoms with Crippen molar-refractivity contribution < 1.29 is 9.59 Å². The second kappa shape index (κ2) is 8.02. The van der Waals surface area contributed by atoms with Crippen molar-refractivity contribution in [1.29, 1.82) is 0 Å². The van der Waals surface area contributed by atoms with Gasteiger partial charge in [0.15, 0.2) is 5.78 Å². The molecule has 0 radical (unpaired) electrons. The Morgan fingerprint density at radius 1 is 1.23 bits per heavy atom. The molecule has 4 rings (SSSR count). The molecule has 3 aromatic rings. The van der Waals surface area contributed by atoms with E-state index in [1.807, 2.05) is 42.5 Å². The summed E-state index contributed by atoms with van der Waals surface area (Å²) in [5, 5.41) is 3.44. The molecule has 1 amide bonds. The number of carbonyl (C=O) groups is 2. The summed E-state index contributed by atoms with van der Waals surface area (Å²) < 4.78 is 0. The highest BCUT2D eigenvalue weighted by Crippen LogP contribution is 2.39. The molecular weight excluding hydrogens is 378 g/mol. The van der Waals surface area contributed by atoms with E-state index in [0.29, 0.717) is 12.2 Å². The van der Waals surface area contributed by atoms with Crippen molar-refractivity contribution in [3.8, 4) is 11.3 Å². The number of H-pyrrole nitrogens is 1. The number of amides is 1. The van der Waals surface area contributed by atoms with Crippen LogP contribution in [0.25, 0.3) is 11.3 Å². The predicted molar refractivity (Wildman–Crippen MR) is 118 cm³/mol. The Bertz CT molecular complexity index is 1090. The normalized spacial score (nSPS) is 14.1. The number of aromatic amines is 1. The van der Waals surface area contributed by atoms with E-state index in [9.17, 15) is 9.59 Å². The van der Waals surface area contributed by atoms with E-state index in [4.69, 9.17) is 5.73 Å². The van der Waals surface area contributed by atoms with Crippen LogP contribution < -0.4 is 16.0 Å². The van der Waals surface area contributed by atoms with Crippen LogP contribution in [0.5, 0.6) is 0 Å². The number of pyridine rings is 1. The van der Waals surface area contributed by atoms with Gasteiger partial charge < -0.3 is 20.9 Å². The third-order valence-corrected chi connectivity index (χ3v) is 5.62. The Balaban J connectivity index is 1.80. The zero-order valence-corrected chi connectivity index (χ0v) is 17.1. The number of nitrogens with one attached hydrogen (secondary N) is 2. The van der Waals surface area contributed by atoms with E-state index in [-0.39, 0.29) is 5.78 Å². The number of anilines is 3. The number of Topliss-reactive ketones (excluding diaryl/α,β-unsaturated/α-hetero) is 1. The van der Waals surface area contributed by atoms with Gasteiger partial charge in [0.2, 0.25) is 5.91 Å². The van der Waals surface area contributed by atoms with Gasteiger partial charge in [-0.3, -0.25) is 9.59 Å². The van der Waals surface area contributed by atoms with Crippen molar-refractivity contribution in [1.82, 2.24) is 9.97 Å². The summed E-state index contributed by atoms with van der Waals surface area (Å²) in [5.41, 5.74) is 10.5. The number of para-hydroxylation sites is 1. The highest BCUT2D eigenvalue weighted by Gasteiger charge is 2.27. The zero-order chi connectivity index (χ0) is 21.3. The molecule has 7 heteroatoms. The fourth-order valence-electron chi connectivity index (χ4n) is 3.76. The van der Waals surface area contributed by atoms with Gasteiger partial charge in [0.05, 0.1) is 16.9 Å². The van der Waals surface area contributed by atoms with E-state index in [1.54, 1.807) is 25.1 Å². The van der Waals surface area contributed by atoms with Gasteiger partial charge in [-0.25, -0.2) is 4.98 Å². The highest BCUT2D eigenvalue weighted by molar-refractivity contribution is 6.07. The largest absolute Gasteiger partial charge is 0.368 e. The number of hydrogen-bond acceptors (Lipinski definition) is 5. The Morgan fingerprint density at radius 3 is 2.73 bits per heavy atom. The molecule has 0 saturated carbocycles. The predicted octanol–water partition coefficient (Wildman–Crippen LogP) is 3.65. The van der Waals surface area contributed by atoms with Gasteiger partial charge >= 0.3 is 0 Å². The van der Waals surface area contributed by atoms with Crippen LogP contribution in [-0.2, 0) is 11.2 Å². The molecule has 0 fully saturated rings. The standard InChI is InChI=1S/C23H25N5O2/c1-14(23(24)30)28(2)19-13-15(11-12-25-19)21-22(26-16-7-4-3-5-8-16)20-17(27-21)9-6-10-18(20)29/h3-5,7-8,11-14,26-27H,6,9-10H2,1-2H3,(H2,24,30)/t14-/m0/s1. The maximum atomic E-state index is 12.7. The first-order valence-electron chi connectivity index (χ1n) is 10.0. The number of hydrogen-bond donors (Lipinski definition) is 3. The lowest BCUT2D eigenvalue weighted by Gasteiger charge is -2.23. The summed E-state index contributed by atoms with van der Waals surface area (Å²) >= 11 is 0. The molecule has 2 aromatic heterocycles. The SMILES string of the molecule is C[C@@H](C(N)=O)N(C)c1cc(-c2[nH]c3c(c2Nc2ccccc2)C(=O)CCC3)ccn1. The first-order chi connectivity index (χ1) is 14.5. The number of nitrogens with zero attached hydrogens (tertiary/aromatic N) is 2. The van der Waals surface area contributed by atoms with Gasteiger partial charge in [0.1, 0.15) is 11.9 Å². The Hall–Kier alpha value is -3.61. The molecule has 0 spiro atoms. The average Bonchev–Trinajstić information content (AvgIpc) is 3.13. The lowest BCUT2D eigenvalue weighted by molar-refractivity contribution is -0.118. The summed E-state index contributed by atoms with van der Waals surface area (Å²) in [6.07, 6.45) is 3.93. The van der Waals surface area contributed by atoms with Crippen molar-refractivity contribution in [2.75, 3.05) is 17.3 Å². The summed E-state index contributed by atoms with van der Waals surface area (Å²) in [7, 11) is 1.79. The quantitative estimate of drug-likeness (QED) is 0.583. The molecule has 4 N–H and O–H groups in total. The molecule has 0 bridgehead atoms. The zero-order valence-electron chi connectivity index (χ0n) is 17.1. The number of ketones is 1. The number of fused-ring (bicyclic) bond motifs is 1. The summed E-state index contributed by atoms with van der Waals surface area (Å²) in [6, 6.07) is 13.1. The molecule has 0 unspecified atom stereocenters. The van der Waals surface area contributed by atoms with Crippen LogP contribution in [0.1, 0.15) is 35.8 Å². The molecular formula is C23H25N5O2. The number of aromatic nitrogens is 2. The van der Waals surface area contributed by atoms with Gasteiger partial charge in [-0.1, -0.05) is 18.2 Å². The summed E-state index contributed by atoms with van der Waals surface area (Å²) in [6.45, 7) is 1.74. The maximum absolute atomic E-state index is 12.7. The maximum Gasteiger partial charge on any atom is 0.239 e. The van der Waals surface area contributed by atoms with Gasteiger partial charge in [0, 0.05) is 36.6 Å². The highest BCUT2D eigenvalue weighted by atomic mass is 16.1.